The Morgan fingerprint density at radius 3 is 2.68 bits per heavy atom. The number of nitrogens with two attached hydrogens (primary N) is 1. The van der Waals surface area contributed by atoms with E-state index < -0.39 is 50.7 Å². The second-order valence-electron chi connectivity index (χ2n) is 14.1. The quantitative estimate of drug-likeness (QED) is 0.353. The molecule has 5 aliphatic heterocycles. The van der Waals surface area contributed by atoms with Crippen LogP contribution in [-0.4, -0.2) is 82.3 Å². The number of anilines is 2. The standard InChI is InChI=1S/C31H30ClF6N7O2/c1-13-6-17(39)41-23(20(13)31(36,37)38)18-21(32)25-19-24(22(18)33)42-27(43-26(19)45-7-14-2-3-15(40-14)16(45)8-46-25)47-12-29-4-5-44(29)11-28(9-29)10-30(28,34)35/h6,14-16,40H,2-5,7-12H2,1H3,(H2,39,41)/t14-,15+,16-,28?,29+/m1/s1. The van der Waals surface area contributed by atoms with Gasteiger partial charge < -0.3 is 25.4 Å². The summed E-state index contributed by atoms with van der Waals surface area (Å²) in [6.07, 6.45) is -2.37. The molecule has 5 atom stereocenters. The first-order chi connectivity index (χ1) is 22.2. The number of rotatable bonds is 4. The Kier molecular flexibility index (Phi) is 5.99. The molecule has 16 heteroatoms. The molecule has 0 radical (unpaired) electrons. The predicted molar refractivity (Wildman–Crippen MR) is 159 cm³/mol. The van der Waals surface area contributed by atoms with Gasteiger partial charge in [0.15, 0.2) is 11.6 Å². The van der Waals surface area contributed by atoms with Crippen molar-refractivity contribution in [1.29, 1.82) is 0 Å². The molecule has 0 amide bonds. The first-order valence-electron chi connectivity index (χ1n) is 15.7. The zero-order valence-electron chi connectivity index (χ0n) is 25.2. The number of nitrogen functional groups attached to an aromatic ring is 1. The summed E-state index contributed by atoms with van der Waals surface area (Å²) in [6, 6.07) is 0.756. The smallest absolute Gasteiger partial charge is 0.418 e. The summed E-state index contributed by atoms with van der Waals surface area (Å²) in [7, 11) is 0. The molecule has 3 aromatic rings. The average molecular weight is 682 g/mol. The molecule has 9 nitrogen and oxygen atoms in total. The van der Waals surface area contributed by atoms with E-state index in [1.807, 2.05) is 9.80 Å². The van der Waals surface area contributed by atoms with E-state index in [2.05, 4.69) is 15.3 Å². The molecule has 1 unspecified atom stereocenters. The van der Waals surface area contributed by atoms with Crippen molar-refractivity contribution >= 4 is 34.1 Å². The van der Waals surface area contributed by atoms with Crippen molar-refractivity contribution in [2.24, 2.45) is 5.41 Å². The van der Waals surface area contributed by atoms with Gasteiger partial charge in [-0.2, -0.15) is 23.1 Å². The summed E-state index contributed by atoms with van der Waals surface area (Å²) in [6.45, 7) is 2.78. The van der Waals surface area contributed by atoms with Crippen molar-refractivity contribution in [1.82, 2.24) is 25.2 Å². The number of piperazine rings is 1. The molecule has 7 heterocycles. The molecular weight excluding hydrogens is 652 g/mol. The van der Waals surface area contributed by atoms with Crippen LogP contribution in [0.15, 0.2) is 6.07 Å². The predicted octanol–water partition coefficient (Wildman–Crippen LogP) is 5.35. The van der Waals surface area contributed by atoms with E-state index in [1.54, 1.807) is 0 Å². The number of aromatic nitrogens is 3. The van der Waals surface area contributed by atoms with Crippen LogP contribution in [0.5, 0.6) is 11.8 Å². The van der Waals surface area contributed by atoms with E-state index in [4.69, 9.17) is 31.8 Å². The Bertz CT molecular complexity index is 1880. The lowest BCUT2D eigenvalue weighted by atomic mass is 9.83. The third-order valence-corrected chi connectivity index (χ3v) is 11.6. The van der Waals surface area contributed by atoms with Crippen LogP contribution in [0, 0.1) is 18.2 Å². The van der Waals surface area contributed by atoms with Crippen LogP contribution in [0.1, 0.15) is 43.2 Å². The highest BCUT2D eigenvalue weighted by Crippen LogP contribution is 2.70. The van der Waals surface area contributed by atoms with Gasteiger partial charge in [-0.15, -0.1) is 0 Å². The highest BCUT2D eigenvalue weighted by molar-refractivity contribution is 6.36. The van der Waals surface area contributed by atoms with Gasteiger partial charge in [-0.05, 0) is 44.2 Å². The Morgan fingerprint density at radius 1 is 1.19 bits per heavy atom. The molecule has 2 bridgehead atoms. The van der Waals surface area contributed by atoms with E-state index in [0.29, 0.717) is 25.3 Å². The Hall–Kier alpha value is -3.30. The maximum atomic E-state index is 16.9. The van der Waals surface area contributed by atoms with Crippen LogP contribution in [0.3, 0.4) is 0 Å². The second-order valence-corrected chi connectivity index (χ2v) is 14.4. The number of alkyl halides is 5. The fourth-order valence-electron chi connectivity index (χ4n) is 8.84. The van der Waals surface area contributed by atoms with Gasteiger partial charge >= 0.3 is 12.2 Å². The number of hydrogen-bond acceptors (Lipinski definition) is 9. The third-order valence-electron chi connectivity index (χ3n) is 11.3. The molecule has 9 rings (SSSR count). The number of benzene rings is 1. The summed E-state index contributed by atoms with van der Waals surface area (Å²) >= 11 is 6.79. The summed E-state index contributed by atoms with van der Waals surface area (Å²) in [5, 5.41) is 3.28. The Morgan fingerprint density at radius 2 is 1.98 bits per heavy atom. The summed E-state index contributed by atoms with van der Waals surface area (Å²) in [4.78, 5) is 17.1. The highest BCUT2D eigenvalue weighted by Gasteiger charge is 2.78. The van der Waals surface area contributed by atoms with Gasteiger partial charge in [0.05, 0.1) is 44.2 Å². The largest absolute Gasteiger partial charge is 0.489 e. The van der Waals surface area contributed by atoms with Crippen molar-refractivity contribution in [2.45, 2.75) is 74.8 Å². The lowest BCUT2D eigenvalue weighted by molar-refractivity contribution is -0.137. The molecule has 2 aromatic heterocycles. The monoisotopic (exact) mass is 681 g/mol. The number of nitrogens with zero attached hydrogens (tertiary/aromatic N) is 5. The van der Waals surface area contributed by atoms with Crippen LogP contribution < -0.4 is 25.4 Å². The molecule has 1 aliphatic carbocycles. The number of fused-ring (bicyclic) bond motifs is 6. The fourth-order valence-corrected chi connectivity index (χ4v) is 9.16. The SMILES string of the molecule is Cc1cc(N)nc(-c2c(Cl)c3c4c(nc(OC[C@@]56CCN5CC5(CC5(F)F)C6)nc4c2F)N2C[C@H]4CC[C@H](N4)[C@H]2CO3)c1C(F)(F)F. The van der Waals surface area contributed by atoms with Crippen LogP contribution in [0.25, 0.3) is 22.2 Å². The van der Waals surface area contributed by atoms with Crippen LogP contribution in [-0.2, 0) is 6.18 Å². The molecule has 1 aromatic carbocycles. The molecule has 250 valence electrons. The molecule has 1 spiro atoms. The second kappa shape index (κ2) is 9.44. The van der Waals surface area contributed by atoms with Crippen molar-refractivity contribution in [3.8, 4) is 23.0 Å². The van der Waals surface area contributed by atoms with Gasteiger partial charge in [-0.1, -0.05) is 11.6 Å². The van der Waals surface area contributed by atoms with Gasteiger partial charge in [0, 0.05) is 38.1 Å². The lowest BCUT2D eigenvalue weighted by Gasteiger charge is -2.47. The minimum absolute atomic E-state index is 0.00558. The van der Waals surface area contributed by atoms with Crippen molar-refractivity contribution in [2.75, 3.05) is 43.5 Å². The number of ether oxygens (including phenoxy) is 2. The molecule has 47 heavy (non-hydrogen) atoms. The van der Waals surface area contributed by atoms with Crippen molar-refractivity contribution in [3.05, 3.63) is 28.0 Å². The van der Waals surface area contributed by atoms with Crippen LogP contribution in [0.4, 0.5) is 38.0 Å². The van der Waals surface area contributed by atoms with E-state index in [0.717, 1.165) is 18.9 Å². The number of halogens is 7. The van der Waals surface area contributed by atoms with E-state index in [-0.39, 0.29) is 84.8 Å². The first-order valence-corrected chi connectivity index (χ1v) is 16.1. The molecule has 6 aliphatic rings. The maximum absolute atomic E-state index is 16.9. The first kappa shape index (κ1) is 29.8. The van der Waals surface area contributed by atoms with Gasteiger partial charge in [0.1, 0.15) is 30.4 Å². The molecule has 3 N–H and O–H groups in total. The number of pyridine rings is 1. The molecule has 5 fully saturated rings. The Labute approximate surface area is 269 Å². The van der Waals surface area contributed by atoms with E-state index >= 15 is 4.39 Å². The highest BCUT2D eigenvalue weighted by atomic mass is 35.5. The van der Waals surface area contributed by atoms with Crippen molar-refractivity contribution in [3.63, 3.8) is 0 Å². The third kappa shape index (κ3) is 4.14. The van der Waals surface area contributed by atoms with E-state index in [9.17, 15) is 22.0 Å². The van der Waals surface area contributed by atoms with Gasteiger partial charge in [-0.25, -0.2) is 18.2 Å². The van der Waals surface area contributed by atoms with Crippen LogP contribution >= 0.6 is 11.6 Å². The number of nitrogens with one attached hydrogen (secondary N) is 1. The maximum Gasteiger partial charge on any atom is 0.418 e. The zero-order chi connectivity index (χ0) is 32.8. The molecule has 4 saturated heterocycles. The minimum atomic E-state index is -4.92. The number of hydrogen-bond donors (Lipinski definition) is 2. The minimum Gasteiger partial charge on any atom is -0.489 e. The normalized spacial score (nSPS) is 31.7. The summed E-state index contributed by atoms with van der Waals surface area (Å²) < 4.78 is 101. The van der Waals surface area contributed by atoms with E-state index in [1.165, 1.54) is 6.92 Å². The van der Waals surface area contributed by atoms with Crippen LogP contribution in [0.2, 0.25) is 5.02 Å². The Balaban J connectivity index is 1.21. The average Bonchev–Trinajstić information content (AvgIpc) is 3.25. The topological polar surface area (TPSA) is 102 Å². The number of aryl methyl sites for hydroxylation is 1. The van der Waals surface area contributed by atoms with Crippen molar-refractivity contribution < 1.29 is 35.8 Å². The molecular formula is C31H30ClF6N7O2. The van der Waals surface area contributed by atoms with Gasteiger partial charge in [0.25, 0.3) is 5.92 Å². The van der Waals surface area contributed by atoms with Gasteiger partial charge in [0.2, 0.25) is 0 Å². The van der Waals surface area contributed by atoms with Gasteiger partial charge in [-0.3, -0.25) is 4.90 Å². The summed E-state index contributed by atoms with van der Waals surface area (Å²) in [5.41, 5.74) is 0.977. The lowest BCUT2D eigenvalue weighted by Crippen LogP contribution is -2.60. The zero-order valence-corrected chi connectivity index (χ0v) is 25.9. The fraction of sp³-hybridized carbons (Fsp3) is 0.581. The molecule has 1 saturated carbocycles. The summed E-state index contributed by atoms with van der Waals surface area (Å²) in [5.74, 6) is -3.89.